The van der Waals surface area contributed by atoms with Crippen molar-refractivity contribution in [2.45, 2.75) is 46.1 Å². The number of hydrogen-bond acceptors (Lipinski definition) is 6. The van der Waals surface area contributed by atoms with Gasteiger partial charge < -0.3 is 14.6 Å². The Morgan fingerprint density at radius 2 is 2.03 bits per heavy atom. The van der Waals surface area contributed by atoms with E-state index in [2.05, 4.69) is 20.6 Å². The number of amides is 1. The van der Waals surface area contributed by atoms with Crippen molar-refractivity contribution in [3.8, 4) is 11.3 Å². The molecule has 0 saturated carbocycles. The number of halogens is 1. The molecule has 3 heterocycles. The van der Waals surface area contributed by atoms with Gasteiger partial charge in [0.1, 0.15) is 28.9 Å². The maximum atomic E-state index is 14.1. The lowest BCUT2D eigenvalue weighted by atomic mass is 9.75. The van der Waals surface area contributed by atoms with Gasteiger partial charge >= 0.3 is 0 Å². The van der Waals surface area contributed by atoms with Crippen LogP contribution in [0.5, 0.6) is 0 Å². The first kappa shape index (κ1) is 22.1. The number of ether oxygens (including phenoxy) is 1. The lowest BCUT2D eigenvalue weighted by Gasteiger charge is -2.35. The van der Waals surface area contributed by atoms with Gasteiger partial charge in [0, 0.05) is 37.8 Å². The molecule has 1 saturated heterocycles. The van der Waals surface area contributed by atoms with E-state index in [4.69, 9.17) is 9.26 Å². The molecule has 32 heavy (non-hydrogen) atoms. The molecule has 2 aromatic heterocycles. The average molecular weight is 442 g/mol. The maximum Gasteiger partial charge on any atom is 0.226 e. The van der Waals surface area contributed by atoms with Crippen molar-refractivity contribution < 1.29 is 18.4 Å². The van der Waals surface area contributed by atoms with Gasteiger partial charge in [-0.05, 0) is 45.7 Å². The van der Waals surface area contributed by atoms with Crippen molar-refractivity contribution in [3.63, 3.8) is 0 Å². The predicted octanol–water partition coefficient (Wildman–Crippen LogP) is 3.41. The zero-order valence-electron chi connectivity index (χ0n) is 18.6. The van der Waals surface area contributed by atoms with Gasteiger partial charge in [-0.3, -0.25) is 4.79 Å². The molecular weight excluding hydrogens is 413 g/mol. The summed E-state index contributed by atoms with van der Waals surface area (Å²) in [6.07, 6.45) is 1.52. The molecule has 0 bridgehead atoms. The monoisotopic (exact) mass is 441 g/mol. The van der Waals surface area contributed by atoms with Crippen LogP contribution in [0.3, 0.4) is 0 Å². The SMILES string of the molecule is Cc1nc(C)n([C@@H](C)CNC(=O)C2(Cc3cc(-c4ccccc4F)no3)CCOCC2)n1. The van der Waals surface area contributed by atoms with E-state index in [1.54, 1.807) is 24.3 Å². The zero-order valence-corrected chi connectivity index (χ0v) is 18.6. The number of aromatic nitrogens is 4. The Labute approximate surface area is 186 Å². The minimum atomic E-state index is -0.669. The Bertz CT molecular complexity index is 1090. The summed E-state index contributed by atoms with van der Waals surface area (Å²) >= 11 is 0. The number of nitrogens with zero attached hydrogens (tertiary/aromatic N) is 4. The van der Waals surface area contributed by atoms with Gasteiger partial charge in [0.25, 0.3) is 0 Å². The van der Waals surface area contributed by atoms with E-state index in [0.717, 1.165) is 5.82 Å². The van der Waals surface area contributed by atoms with E-state index in [1.807, 2.05) is 25.5 Å². The molecule has 8 nitrogen and oxygen atoms in total. The zero-order chi connectivity index (χ0) is 22.7. The van der Waals surface area contributed by atoms with Crippen LogP contribution in [0, 0.1) is 25.1 Å². The second-order valence-corrected chi connectivity index (χ2v) is 8.44. The largest absolute Gasteiger partial charge is 0.381 e. The molecule has 1 N–H and O–H groups in total. The highest BCUT2D eigenvalue weighted by Gasteiger charge is 2.41. The van der Waals surface area contributed by atoms with Crippen molar-refractivity contribution in [3.05, 3.63) is 53.6 Å². The number of rotatable bonds is 7. The molecule has 170 valence electrons. The highest BCUT2D eigenvalue weighted by Crippen LogP contribution is 2.36. The van der Waals surface area contributed by atoms with Crippen LogP contribution in [0.25, 0.3) is 11.3 Å². The standard InChI is InChI=1S/C23H28FN5O3/c1-15(29-17(3)26-16(2)27-29)14-25-22(30)23(8-10-31-11-9-23)13-18-12-21(28-32-18)19-6-4-5-7-20(19)24/h4-7,12,15H,8-11,13-14H2,1-3H3,(H,25,30)/t15-/m0/s1. The Hall–Kier alpha value is -3.07. The van der Waals surface area contributed by atoms with Crippen LogP contribution >= 0.6 is 0 Å². The number of benzene rings is 1. The van der Waals surface area contributed by atoms with Crippen molar-refractivity contribution in [2.75, 3.05) is 19.8 Å². The summed E-state index contributed by atoms with van der Waals surface area (Å²) in [7, 11) is 0. The Morgan fingerprint density at radius 1 is 1.28 bits per heavy atom. The van der Waals surface area contributed by atoms with Crippen LogP contribution in [-0.4, -0.2) is 45.6 Å². The first-order valence-electron chi connectivity index (χ1n) is 10.8. The van der Waals surface area contributed by atoms with Crippen LogP contribution in [-0.2, 0) is 16.0 Å². The molecule has 0 aliphatic carbocycles. The minimum absolute atomic E-state index is 0.0324. The third-order valence-electron chi connectivity index (χ3n) is 6.04. The molecule has 1 amide bonds. The molecule has 4 rings (SSSR count). The third-order valence-corrected chi connectivity index (χ3v) is 6.04. The molecule has 0 spiro atoms. The van der Waals surface area contributed by atoms with Crippen molar-refractivity contribution in [2.24, 2.45) is 5.41 Å². The summed E-state index contributed by atoms with van der Waals surface area (Å²) in [5.74, 6) is 1.66. The van der Waals surface area contributed by atoms with Crippen LogP contribution < -0.4 is 5.32 Å². The van der Waals surface area contributed by atoms with E-state index in [0.29, 0.717) is 61.9 Å². The fourth-order valence-electron chi connectivity index (χ4n) is 4.24. The van der Waals surface area contributed by atoms with Crippen molar-refractivity contribution in [1.29, 1.82) is 0 Å². The van der Waals surface area contributed by atoms with E-state index in [-0.39, 0.29) is 17.8 Å². The lowest BCUT2D eigenvalue weighted by Crippen LogP contribution is -2.47. The van der Waals surface area contributed by atoms with E-state index in [9.17, 15) is 9.18 Å². The predicted molar refractivity (Wildman–Crippen MR) is 115 cm³/mol. The maximum absolute atomic E-state index is 14.1. The molecule has 0 unspecified atom stereocenters. The molecular formula is C23H28FN5O3. The van der Waals surface area contributed by atoms with Gasteiger partial charge in [0.15, 0.2) is 0 Å². The van der Waals surface area contributed by atoms with Gasteiger partial charge in [0.05, 0.1) is 11.5 Å². The molecule has 1 aliphatic rings. The summed E-state index contributed by atoms with van der Waals surface area (Å²) in [5.41, 5.74) is 0.129. The average Bonchev–Trinajstić information content (AvgIpc) is 3.38. The fourth-order valence-corrected chi connectivity index (χ4v) is 4.24. The molecule has 3 aromatic rings. The molecule has 1 aliphatic heterocycles. The normalized spacial score (nSPS) is 16.6. The summed E-state index contributed by atoms with van der Waals surface area (Å²) in [6, 6.07) is 8.10. The van der Waals surface area contributed by atoms with E-state index >= 15 is 0 Å². The minimum Gasteiger partial charge on any atom is -0.381 e. The quantitative estimate of drug-likeness (QED) is 0.604. The van der Waals surface area contributed by atoms with Gasteiger partial charge in [0.2, 0.25) is 5.91 Å². The second kappa shape index (κ2) is 9.20. The summed E-state index contributed by atoms with van der Waals surface area (Å²) < 4.78 is 27.0. The topological polar surface area (TPSA) is 95.1 Å². The number of nitrogens with one attached hydrogen (secondary N) is 1. The highest BCUT2D eigenvalue weighted by atomic mass is 19.1. The fraction of sp³-hybridized carbons (Fsp3) is 0.478. The second-order valence-electron chi connectivity index (χ2n) is 8.44. The lowest BCUT2D eigenvalue weighted by molar-refractivity contribution is -0.137. The van der Waals surface area contributed by atoms with Gasteiger partial charge in [-0.2, -0.15) is 5.10 Å². The molecule has 1 fully saturated rings. The van der Waals surface area contributed by atoms with Crippen LogP contribution in [0.4, 0.5) is 4.39 Å². The molecule has 0 radical (unpaired) electrons. The van der Waals surface area contributed by atoms with Crippen molar-refractivity contribution >= 4 is 5.91 Å². The Balaban J connectivity index is 1.48. The smallest absolute Gasteiger partial charge is 0.226 e. The highest BCUT2D eigenvalue weighted by molar-refractivity contribution is 5.83. The third kappa shape index (κ3) is 4.57. The van der Waals surface area contributed by atoms with Crippen LogP contribution in [0.1, 0.15) is 43.2 Å². The summed E-state index contributed by atoms with van der Waals surface area (Å²) in [5, 5.41) is 11.5. The Kier molecular flexibility index (Phi) is 6.36. The number of hydrogen-bond donors (Lipinski definition) is 1. The van der Waals surface area contributed by atoms with Crippen LogP contribution in [0.2, 0.25) is 0 Å². The summed E-state index contributed by atoms with van der Waals surface area (Å²) in [6.45, 7) is 7.17. The number of aryl methyl sites for hydroxylation is 2. The summed E-state index contributed by atoms with van der Waals surface area (Å²) in [4.78, 5) is 17.7. The van der Waals surface area contributed by atoms with Gasteiger partial charge in [-0.25, -0.2) is 14.1 Å². The van der Waals surface area contributed by atoms with Gasteiger partial charge in [-0.15, -0.1) is 0 Å². The first-order valence-corrected chi connectivity index (χ1v) is 10.8. The first-order chi connectivity index (χ1) is 15.4. The number of carbonyl (C=O) groups excluding carboxylic acids is 1. The van der Waals surface area contributed by atoms with Crippen LogP contribution in [0.15, 0.2) is 34.9 Å². The van der Waals surface area contributed by atoms with Gasteiger partial charge in [-0.1, -0.05) is 17.3 Å². The van der Waals surface area contributed by atoms with Crippen molar-refractivity contribution in [1.82, 2.24) is 25.2 Å². The van der Waals surface area contributed by atoms with E-state index in [1.165, 1.54) is 6.07 Å². The molecule has 1 aromatic carbocycles. The molecule has 9 heteroatoms. The van der Waals surface area contributed by atoms with E-state index < -0.39 is 5.41 Å². The Morgan fingerprint density at radius 3 is 2.72 bits per heavy atom. The number of carbonyl (C=O) groups is 1. The molecule has 1 atom stereocenters.